The molecule has 0 aromatic heterocycles. The van der Waals surface area contributed by atoms with Crippen molar-refractivity contribution in [2.75, 3.05) is 19.8 Å². The molecule has 7 atom stereocenters. The topological polar surface area (TPSA) is 175 Å². The van der Waals surface area contributed by atoms with Gasteiger partial charge in [-0.1, -0.05) is 159 Å². The molecule has 1 fully saturated rings. The van der Waals surface area contributed by atoms with Crippen LogP contribution in [0.3, 0.4) is 0 Å². The summed E-state index contributed by atoms with van der Waals surface area (Å²) in [6.45, 7) is 4.18. The van der Waals surface area contributed by atoms with Crippen molar-refractivity contribution in [3.63, 3.8) is 0 Å². The molecule has 0 aromatic rings. The number of unbranched alkanes of at least 4 members (excludes halogenated alkanes) is 24. The smallest absolute Gasteiger partial charge is 0.305 e. The average molecular weight is 920 g/mol. The fraction of sp³-hybridized carbons (Fsp3) is 0.815. The van der Waals surface area contributed by atoms with Gasteiger partial charge in [-0.3, -0.25) is 9.59 Å². The lowest BCUT2D eigenvalue weighted by atomic mass is 9.99. The number of amides is 1. The number of hydrogen-bond acceptors (Lipinski definition) is 10. The Kier molecular flexibility index (Phi) is 41.2. The van der Waals surface area contributed by atoms with Crippen LogP contribution >= 0.6 is 0 Å². The van der Waals surface area contributed by atoms with E-state index in [2.05, 4.69) is 55.6 Å². The number of hydrogen-bond donors (Lipinski definition) is 6. The van der Waals surface area contributed by atoms with Gasteiger partial charge in [0.2, 0.25) is 5.91 Å². The van der Waals surface area contributed by atoms with Crippen LogP contribution in [-0.2, 0) is 23.8 Å². The summed E-state index contributed by atoms with van der Waals surface area (Å²) in [5, 5.41) is 54.2. The maximum absolute atomic E-state index is 13.0. The van der Waals surface area contributed by atoms with Gasteiger partial charge < -0.3 is 45.1 Å². The van der Waals surface area contributed by atoms with Crippen LogP contribution in [0.1, 0.15) is 219 Å². The highest BCUT2D eigenvalue weighted by atomic mass is 16.7. The van der Waals surface area contributed by atoms with E-state index in [0.29, 0.717) is 25.9 Å². The number of aliphatic hydroxyl groups excluding tert-OH is 5. The van der Waals surface area contributed by atoms with Gasteiger partial charge in [0.25, 0.3) is 0 Å². The lowest BCUT2D eigenvalue weighted by Gasteiger charge is -2.40. The van der Waals surface area contributed by atoms with Crippen LogP contribution in [-0.4, -0.2) is 100 Å². The summed E-state index contributed by atoms with van der Waals surface area (Å²) < 4.78 is 16.6. The molecule has 1 rings (SSSR count). The molecule has 11 nitrogen and oxygen atoms in total. The van der Waals surface area contributed by atoms with Crippen LogP contribution in [0.4, 0.5) is 0 Å². The van der Waals surface area contributed by atoms with E-state index in [1.54, 1.807) is 6.08 Å². The van der Waals surface area contributed by atoms with E-state index in [-0.39, 0.29) is 18.5 Å². The normalized spacial score (nSPS) is 20.1. The molecule has 1 aliphatic rings. The number of carbonyl (C=O) groups excluding carboxylic acids is 2. The summed E-state index contributed by atoms with van der Waals surface area (Å²) in [4.78, 5) is 25.0. The van der Waals surface area contributed by atoms with Crippen molar-refractivity contribution in [1.82, 2.24) is 5.32 Å². The SMILES string of the molecule is CCCC/C=C\CCCCCCCC(=O)OCCCCC/C=C\CCCCCCCC(=O)NC(COC1OC(CO)C(O)C(O)C1O)C(O)/C=C/CC/C=C/CCCCCCCCCC. The number of esters is 1. The van der Waals surface area contributed by atoms with Crippen molar-refractivity contribution in [3.05, 3.63) is 48.6 Å². The molecule has 7 unspecified atom stereocenters. The van der Waals surface area contributed by atoms with Crippen molar-refractivity contribution >= 4 is 11.9 Å². The van der Waals surface area contributed by atoms with Gasteiger partial charge in [-0.05, 0) is 96.3 Å². The molecule has 378 valence electrons. The lowest BCUT2D eigenvalue weighted by Crippen LogP contribution is -2.60. The molecule has 0 saturated carbocycles. The zero-order valence-electron chi connectivity index (χ0n) is 41.2. The zero-order valence-corrected chi connectivity index (χ0v) is 41.2. The van der Waals surface area contributed by atoms with Crippen LogP contribution < -0.4 is 5.32 Å². The van der Waals surface area contributed by atoms with E-state index < -0.39 is 49.5 Å². The second-order valence-electron chi connectivity index (χ2n) is 18.2. The first-order valence-corrected chi connectivity index (χ1v) is 26.4. The van der Waals surface area contributed by atoms with Gasteiger partial charge in [0, 0.05) is 12.8 Å². The van der Waals surface area contributed by atoms with E-state index >= 15 is 0 Å². The van der Waals surface area contributed by atoms with Crippen LogP contribution in [0.15, 0.2) is 48.6 Å². The number of allylic oxidation sites excluding steroid dienone is 7. The number of carbonyl (C=O) groups is 2. The van der Waals surface area contributed by atoms with E-state index in [0.717, 1.165) is 89.9 Å². The molecule has 6 N–H and O–H groups in total. The van der Waals surface area contributed by atoms with Crippen molar-refractivity contribution in [3.8, 4) is 0 Å². The van der Waals surface area contributed by atoms with Crippen LogP contribution in [0.25, 0.3) is 0 Å². The van der Waals surface area contributed by atoms with E-state index in [1.807, 2.05) is 6.08 Å². The van der Waals surface area contributed by atoms with Crippen LogP contribution in [0.5, 0.6) is 0 Å². The van der Waals surface area contributed by atoms with Crippen LogP contribution in [0.2, 0.25) is 0 Å². The quantitative estimate of drug-likeness (QED) is 0.0196. The third-order valence-electron chi connectivity index (χ3n) is 12.1. The zero-order chi connectivity index (χ0) is 47.4. The van der Waals surface area contributed by atoms with Gasteiger partial charge in [0.05, 0.1) is 32.0 Å². The molecule has 1 saturated heterocycles. The molecule has 0 aliphatic carbocycles. The monoisotopic (exact) mass is 920 g/mol. The van der Waals surface area contributed by atoms with E-state index in [1.165, 1.54) is 96.3 Å². The van der Waals surface area contributed by atoms with Gasteiger partial charge >= 0.3 is 5.97 Å². The summed E-state index contributed by atoms with van der Waals surface area (Å²) in [7, 11) is 0. The van der Waals surface area contributed by atoms with Gasteiger partial charge in [-0.15, -0.1) is 0 Å². The molecule has 1 heterocycles. The molecule has 65 heavy (non-hydrogen) atoms. The maximum atomic E-state index is 13.0. The summed E-state index contributed by atoms with van der Waals surface area (Å²) >= 11 is 0. The summed E-state index contributed by atoms with van der Waals surface area (Å²) in [5.74, 6) is -0.279. The van der Waals surface area contributed by atoms with Gasteiger partial charge in [-0.25, -0.2) is 0 Å². The summed E-state index contributed by atoms with van der Waals surface area (Å²) in [6, 6.07) is -0.847. The first-order valence-electron chi connectivity index (χ1n) is 26.4. The molecular weight excluding hydrogens is 823 g/mol. The molecule has 0 radical (unpaired) electrons. The number of ether oxygens (including phenoxy) is 3. The largest absolute Gasteiger partial charge is 0.466 e. The van der Waals surface area contributed by atoms with E-state index in [9.17, 15) is 35.1 Å². The number of aliphatic hydroxyl groups is 5. The molecule has 11 heteroatoms. The van der Waals surface area contributed by atoms with Crippen molar-refractivity contribution < 1.29 is 49.3 Å². The Hall–Kier alpha value is -2.38. The Labute approximate surface area is 396 Å². The third kappa shape index (κ3) is 34.6. The second kappa shape index (κ2) is 44.1. The Morgan fingerprint density at radius 2 is 1.02 bits per heavy atom. The Balaban J connectivity index is 2.25. The standard InChI is InChI=1S/C54H97NO10/c1-3-5-7-9-11-13-15-16-17-21-24-28-32-36-40-47(57)46(45-64-54-53(62)52(61)51(60)48(44-56)65-54)55-49(58)41-37-33-29-25-22-18-19-23-27-31-35-39-43-63-50(59)42-38-34-30-26-20-14-12-10-8-6-4-2/h10,12,19,21,23-24,36,40,46-48,51-54,56-57,60-62H,3-9,11,13-18,20,22,25-35,37-39,41-45H2,1-2H3,(H,55,58)/b12-10-,23-19-,24-21+,40-36+. The Morgan fingerprint density at radius 1 is 0.554 bits per heavy atom. The molecule has 0 bridgehead atoms. The van der Waals surface area contributed by atoms with Crippen molar-refractivity contribution in [1.29, 1.82) is 0 Å². The molecule has 1 amide bonds. The average Bonchev–Trinajstić information content (AvgIpc) is 3.30. The minimum absolute atomic E-state index is 0.0598. The summed E-state index contributed by atoms with van der Waals surface area (Å²) in [6.07, 6.45) is 43.2. The summed E-state index contributed by atoms with van der Waals surface area (Å²) in [5.41, 5.74) is 0. The predicted octanol–water partition coefficient (Wildman–Crippen LogP) is 10.9. The van der Waals surface area contributed by atoms with Crippen molar-refractivity contribution in [2.24, 2.45) is 0 Å². The first kappa shape index (κ1) is 60.6. The number of rotatable bonds is 44. The highest BCUT2D eigenvalue weighted by Gasteiger charge is 2.44. The third-order valence-corrected chi connectivity index (χ3v) is 12.1. The Bertz CT molecular complexity index is 1220. The number of nitrogens with one attached hydrogen (secondary N) is 1. The molecular formula is C54H97NO10. The fourth-order valence-electron chi connectivity index (χ4n) is 7.83. The molecule has 0 spiro atoms. The minimum atomic E-state index is -1.59. The highest BCUT2D eigenvalue weighted by Crippen LogP contribution is 2.22. The van der Waals surface area contributed by atoms with Crippen LogP contribution in [0, 0.1) is 0 Å². The first-order chi connectivity index (χ1) is 31.7. The second-order valence-corrected chi connectivity index (χ2v) is 18.2. The fourth-order valence-corrected chi connectivity index (χ4v) is 7.83. The lowest BCUT2D eigenvalue weighted by molar-refractivity contribution is -0.302. The molecule has 1 aliphatic heterocycles. The maximum Gasteiger partial charge on any atom is 0.305 e. The predicted molar refractivity (Wildman–Crippen MR) is 264 cm³/mol. The highest BCUT2D eigenvalue weighted by molar-refractivity contribution is 5.76. The van der Waals surface area contributed by atoms with Gasteiger partial charge in [-0.2, -0.15) is 0 Å². The van der Waals surface area contributed by atoms with E-state index in [4.69, 9.17) is 14.2 Å². The molecule has 0 aromatic carbocycles. The minimum Gasteiger partial charge on any atom is -0.466 e. The van der Waals surface area contributed by atoms with Crippen molar-refractivity contribution in [2.45, 2.75) is 262 Å². The Morgan fingerprint density at radius 3 is 1.57 bits per heavy atom. The van der Waals surface area contributed by atoms with Gasteiger partial charge in [0.1, 0.15) is 24.4 Å². The van der Waals surface area contributed by atoms with Gasteiger partial charge in [0.15, 0.2) is 6.29 Å².